The van der Waals surface area contributed by atoms with E-state index in [0.717, 1.165) is 30.0 Å². The summed E-state index contributed by atoms with van der Waals surface area (Å²) in [5.74, 6) is 2.71. The predicted molar refractivity (Wildman–Crippen MR) is 83.0 cm³/mol. The number of nitrogens with one attached hydrogen (secondary N) is 1. The van der Waals surface area contributed by atoms with Crippen molar-refractivity contribution in [1.82, 2.24) is 9.55 Å². The molecule has 1 saturated carbocycles. The molecule has 1 aromatic rings. The first-order chi connectivity index (χ1) is 9.58. The van der Waals surface area contributed by atoms with E-state index in [2.05, 4.69) is 41.8 Å². The van der Waals surface area contributed by atoms with Crippen LogP contribution in [0.15, 0.2) is 6.20 Å². The van der Waals surface area contributed by atoms with Crippen molar-refractivity contribution in [3.8, 4) is 0 Å². The first-order valence-electron chi connectivity index (χ1n) is 7.87. The monoisotopic (exact) mass is 279 g/mol. The van der Waals surface area contributed by atoms with Gasteiger partial charge in [-0.25, -0.2) is 4.98 Å². The zero-order valence-electron chi connectivity index (χ0n) is 13.4. The highest BCUT2D eigenvalue weighted by molar-refractivity contribution is 5.30. The molecule has 1 N–H and O–H groups in total. The van der Waals surface area contributed by atoms with Gasteiger partial charge >= 0.3 is 0 Å². The van der Waals surface area contributed by atoms with E-state index in [1.165, 1.54) is 25.7 Å². The molecule has 1 atom stereocenters. The highest BCUT2D eigenvalue weighted by Gasteiger charge is 2.20. The van der Waals surface area contributed by atoms with Gasteiger partial charge in [0.2, 0.25) is 5.95 Å². The number of nitrogens with zero attached hydrogens (tertiary/aromatic N) is 2. The van der Waals surface area contributed by atoms with E-state index < -0.39 is 0 Å². The van der Waals surface area contributed by atoms with Crippen molar-refractivity contribution in [2.75, 3.05) is 19.0 Å². The molecule has 1 aliphatic rings. The third-order valence-corrected chi connectivity index (χ3v) is 4.28. The van der Waals surface area contributed by atoms with Crippen molar-refractivity contribution in [2.24, 2.45) is 11.8 Å². The molecule has 0 spiro atoms. The second-order valence-electron chi connectivity index (χ2n) is 6.48. The standard InChI is InChI=1S/C16H29N3O/c1-12-5-7-15(8-6-12)10-19-9-13(2)17-16(19)18-14(3)11-20-4/h9,12,14-15H,5-8,10-11H2,1-4H3,(H,17,18). The maximum Gasteiger partial charge on any atom is 0.203 e. The van der Waals surface area contributed by atoms with Gasteiger partial charge in [-0.2, -0.15) is 0 Å². The molecule has 1 aromatic heterocycles. The molecule has 4 heteroatoms. The van der Waals surface area contributed by atoms with Crippen LogP contribution in [0.1, 0.15) is 45.2 Å². The van der Waals surface area contributed by atoms with Crippen LogP contribution < -0.4 is 5.32 Å². The normalized spacial score (nSPS) is 24.6. The van der Waals surface area contributed by atoms with Gasteiger partial charge in [-0.3, -0.25) is 0 Å². The number of imidazole rings is 1. The molecule has 0 bridgehead atoms. The summed E-state index contributed by atoms with van der Waals surface area (Å²) in [6, 6.07) is 0.284. The topological polar surface area (TPSA) is 39.1 Å². The first-order valence-corrected chi connectivity index (χ1v) is 7.87. The molecule has 0 saturated heterocycles. The zero-order chi connectivity index (χ0) is 14.5. The molecule has 2 rings (SSSR count). The Labute approximate surface area is 122 Å². The molecule has 1 fully saturated rings. The van der Waals surface area contributed by atoms with Gasteiger partial charge in [-0.1, -0.05) is 19.8 Å². The fraction of sp³-hybridized carbons (Fsp3) is 0.812. The number of methoxy groups -OCH3 is 1. The van der Waals surface area contributed by atoms with Crippen LogP contribution in [0.3, 0.4) is 0 Å². The number of hydrogen-bond donors (Lipinski definition) is 1. The maximum absolute atomic E-state index is 5.18. The van der Waals surface area contributed by atoms with Crippen LogP contribution in [-0.4, -0.2) is 29.3 Å². The summed E-state index contributed by atoms with van der Waals surface area (Å²) in [4.78, 5) is 4.61. The van der Waals surface area contributed by atoms with Crippen LogP contribution >= 0.6 is 0 Å². The summed E-state index contributed by atoms with van der Waals surface area (Å²) in [5, 5.41) is 3.46. The van der Waals surface area contributed by atoms with Crippen molar-refractivity contribution < 1.29 is 4.74 Å². The lowest BCUT2D eigenvalue weighted by Crippen LogP contribution is -2.24. The van der Waals surface area contributed by atoms with Crippen LogP contribution in [0.4, 0.5) is 5.95 Å². The Hall–Kier alpha value is -1.03. The fourth-order valence-corrected chi connectivity index (χ4v) is 3.10. The van der Waals surface area contributed by atoms with E-state index in [-0.39, 0.29) is 6.04 Å². The van der Waals surface area contributed by atoms with E-state index in [1.807, 2.05) is 0 Å². The van der Waals surface area contributed by atoms with Gasteiger partial charge < -0.3 is 14.6 Å². The Morgan fingerprint density at radius 2 is 2.10 bits per heavy atom. The Kier molecular flexibility index (Phi) is 5.46. The third-order valence-electron chi connectivity index (χ3n) is 4.28. The molecule has 1 heterocycles. The van der Waals surface area contributed by atoms with E-state index in [1.54, 1.807) is 7.11 Å². The van der Waals surface area contributed by atoms with E-state index in [4.69, 9.17) is 4.74 Å². The molecule has 1 aliphatic carbocycles. The van der Waals surface area contributed by atoms with Gasteiger partial charge in [0.1, 0.15) is 0 Å². The average Bonchev–Trinajstić information content (AvgIpc) is 2.72. The first kappa shape index (κ1) is 15.4. The summed E-state index contributed by atoms with van der Waals surface area (Å²) in [6.07, 6.45) is 7.62. The highest BCUT2D eigenvalue weighted by Crippen LogP contribution is 2.30. The fourth-order valence-electron chi connectivity index (χ4n) is 3.10. The van der Waals surface area contributed by atoms with Crippen molar-refractivity contribution in [3.63, 3.8) is 0 Å². The van der Waals surface area contributed by atoms with Gasteiger partial charge in [-0.05, 0) is 38.5 Å². The van der Waals surface area contributed by atoms with Gasteiger partial charge in [0.15, 0.2) is 0 Å². The van der Waals surface area contributed by atoms with Gasteiger partial charge in [0.05, 0.1) is 12.3 Å². The number of ether oxygens (including phenoxy) is 1. The van der Waals surface area contributed by atoms with Crippen LogP contribution in [0, 0.1) is 18.8 Å². The van der Waals surface area contributed by atoms with Gasteiger partial charge in [-0.15, -0.1) is 0 Å². The molecule has 0 aliphatic heterocycles. The number of anilines is 1. The molecule has 0 aromatic carbocycles. The van der Waals surface area contributed by atoms with Crippen molar-refractivity contribution >= 4 is 5.95 Å². The second kappa shape index (κ2) is 7.11. The van der Waals surface area contributed by atoms with Crippen LogP contribution in [0.25, 0.3) is 0 Å². The van der Waals surface area contributed by atoms with Crippen LogP contribution in [-0.2, 0) is 11.3 Å². The predicted octanol–water partition coefficient (Wildman–Crippen LogP) is 3.46. The minimum Gasteiger partial charge on any atom is -0.383 e. The summed E-state index contributed by atoms with van der Waals surface area (Å²) in [6.45, 7) is 8.35. The molecule has 0 radical (unpaired) electrons. The van der Waals surface area contributed by atoms with E-state index >= 15 is 0 Å². The molecule has 4 nitrogen and oxygen atoms in total. The largest absolute Gasteiger partial charge is 0.383 e. The molecule has 20 heavy (non-hydrogen) atoms. The smallest absolute Gasteiger partial charge is 0.203 e. The summed E-state index contributed by atoms with van der Waals surface area (Å²) >= 11 is 0. The minimum absolute atomic E-state index is 0.284. The maximum atomic E-state index is 5.18. The molecular weight excluding hydrogens is 250 g/mol. The number of aromatic nitrogens is 2. The lowest BCUT2D eigenvalue weighted by atomic mass is 9.83. The summed E-state index contributed by atoms with van der Waals surface area (Å²) in [7, 11) is 1.74. The summed E-state index contributed by atoms with van der Waals surface area (Å²) in [5.41, 5.74) is 1.08. The third kappa shape index (κ3) is 4.23. The summed E-state index contributed by atoms with van der Waals surface area (Å²) < 4.78 is 7.48. The van der Waals surface area contributed by atoms with E-state index in [9.17, 15) is 0 Å². The number of rotatable bonds is 6. The minimum atomic E-state index is 0.284. The number of hydrogen-bond acceptors (Lipinski definition) is 3. The average molecular weight is 279 g/mol. The van der Waals surface area contributed by atoms with Crippen molar-refractivity contribution in [1.29, 1.82) is 0 Å². The van der Waals surface area contributed by atoms with Crippen molar-refractivity contribution in [2.45, 2.75) is 59.0 Å². The van der Waals surface area contributed by atoms with Gasteiger partial charge in [0, 0.05) is 25.9 Å². The van der Waals surface area contributed by atoms with Gasteiger partial charge in [0.25, 0.3) is 0 Å². The molecule has 1 unspecified atom stereocenters. The van der Waals surface area contributed by atoms with E-state index in [0.29, 0.717) is 6.61 Å². The van der Waals surface area contributed by atoms with Crippen LogP contribution in [0.5, 0.6) is 0 Å². The molecular formula is C16H29N3O. The molecule has 114 valence electrons. The Balaban J connectivity index is 1.96. The number of aryl methyl sites for hydroxylation is 1. The Morgan fingerprint density at radius 3 is 2.75 bits per heavy atom. The Bertz CT molecular complexity index is 408. The van der Waals surface area contributed by atoms with Crippen LogP contribution in [0.2, 0.25) is 0 Å². The molecule has 0 amide bonds. The lowest BCUT2D eigenvalue weighted by molar-refractivity contribution is 0.190. The highest BCUT2D eigenvalue weighted by atomic mass is 16.5. The van der Waals surface area contributed by atoms with Crippen molar-refractivity contribution in [3.05, 3.63) is 11.9 Å². The Morgan fingerprint density at radius 1 is 1.40 bits per heavy atom. The quantitative estimate of drug-likeness (QED) is 0.866. The second-order valence-corrected chi connectivity index (χ2v) is 6.48. The lowest BCUT2D eigenvalue weighted by Gasteiger charge is -2.27. The zero-order valence-corrected chi connectivity index (χ0v) is 13.4. The SMILES string of the molecule is COCC(C)Nc1nc(C)cn1CC1CCC(C)CC1.